The van der Waals surface area contributed by atoms with Crippen LogP contribution in [0.25, 0.3) is 16.0 Å². The number of hydrogen-bond acceptors (Lipinski definition) is 5. The molecule has 0 bridgehead atoms. The smallest absolute Gasteiger partial charge is 0.352 e. The average Bonchev–Trinajstić information content (AvgIpc) is 3.46. The minimum absolute atomic E-state index is 0.00924. The van der Waals surface area contributed by atoms with Crippen LogP contribution in [0.15, 0.2) is 54.2 Å². The van der Waals surface area contributed by atoms with Crippen LogP contribution in [0, 0.1) is 5.41 Å². The van der Waals surface area contributed by atoms with E-state index >= 15 is 0 Å². The van der Waals surface area contributed by atoms with E-state index in [4.69, 9.17) is 0 Å². The van der Waals surface area contributed by atoms with E-state index in [1.165, 1.54) is 23.6 Å². The molecule has 182 valence electrons. The van der Waals surface area contributed by atoms with Crippen molar-refractivity contribution in [2.45, 2.75) is 33.5 Å². The zero-order chi connectivity index (χ0) is 25.4. The van der Waals surface area contributed by atoms with Gasteiger partial charge in [0.1, 0.15) is 0 Å². The first-order valence-corrected chi connectivity index (χ1v) is 11.5. The average molecular weight is 502 g/mol. The monoisotopic (exact) mass is 501 g/mol. The molecule has 0 unspecified atom stereocenters. The van der Waals surface area contributed by atoms with Crippen LogP contribution in [0.3, 0.4) is 0 Å². The molecule has 0 aliphatic heterocycles. The van der Waals surface area contributed by atoms with Gasteiger partial charge in [0.25, 0.3) is 5.91 Å². The van der Waals surface area contributed by atoms with Crippen LogP contribution in [0.5, 0.6) is 0 Å². The SMILES string of the molecule is CC(C)(C)C(=O)NCc1ccc(C(F)(F)F)c(C(=O)Nc2cccc3c2cnn3-c2nccs2)c1. The van der Waals surface area contributed by atoms with Crippen LogP contribution in [-0.2, 0) is 17.5 Å². The van der Waals surface area contributed by atoms with Crippen LogP contribution in [-0.4, -0.2) is 26.6 Å². The number of fused-ring (bicyclic) bond motifs is 1. The first-order valence-electron chi connectivity index (χ1n) is 10.6. The highest BCUT2D eigenvalue weighted by molar-refractivity contribution is 7.12. The Bertz CT molecular complexity index is 1390. The topological polar surface area (TPSA) is 88.9 Å². The molecule has 2 amide bonds. The summed E-state index contributed by atoms with van der Waals surface area (Å²) in [4.78, 5) is 29.4. The summed E-state index contributed by atoms with van der Waals surface area (Å²) in [6.45, 7) is 5.17. The predicted octanol–water partition coefficient (Wildman–Crippen LogP) is 5.42. The molecule has 7 nitrogen and oxygen atoms in total. The molecule has 0 spiro atoms. The standard InChI is InChI=1S/C24H22F3N5O2S/c1-23(2,3)21(34)29-12-14-7-8-17(24(25,26)27)15(11-14)20(33)31-18-5-4-6-19-16(18)13-30-32(19)22-28-9-10-35-22/h4-11,13H,12H2,1-3H3,(H,29,34)(H,31,33). The quantitative estimate of drug-likeness (QED) is 0.383. The van der Waals surface area contributed by atoms with Gasteiger partial charge in [-0.25, -0.2) is 9.67 Å². The van der Waals surface area contributed by atoms with Crippen LogP contribution in [0.2, 0.25) is 0 Å². The highest BCUT2D eigenvalue weighted by Gasteiger charge is 2.35. The van der Waals surface area contributed by atoms with Crippen LogP contribution < -0.4 is 10.6 Å². The first kappa shape index (κ1) is 24.4. The van der Waals surface area contributed by atoms with Crippen LogP contribution in [0.4, 0.5) is 18.9 Å². The molecule has 0 atom stereocenters. The van der Waals surface area contributed by atoms with E-state index in [0.717, 1.165) is 12.1 Å². The lowest BCUT2D eigenvalue weighted by atomic mass is 9.95. The van der Waals surface area contributed by atoms with Gasteiger partial charge in [-0.05, 0) is 29.8 Å². The van der Waals surface area contributed by atoms with Crippen molar-refractivity contribution in [3.05, 3.63) is 70.9 Å². The number of carbonyl (C=O) groups is 2. The summed E-state index contributed by atoms with van der Waals surface area (Å²) in [5.41, 5.74) is -0.929. The van der Waals surface area contributed by atoms with Crippen molar-refractivity contribution in [3.8, 4) is 5.13 Å². The maximum atomic E-state index is 13.7. The Morgan fingerprint density at radius 1 is 1.11 bits per heavy atom. The van der Waals surface area contributed by atoms with Gasteiger partial charge in [0.15, 0.2) is 0 Å². The van der Waals surface area contributed by atoms with Gasteiger partial charge in [-0.15, -0.1) is 11.3 Å². The molecule has 4 rings (SSSR count). The zero-order valence-corrected chi connectivity index (χ0v) is 19.9. The molecule has 0 radical (unpaired) electrons. The fraction of sp³-hybridized carbons (Fsp3) is 0.250. The van der Waals surface area contributed by atoms with Gasteiger partial charge in [0.2, 0.25) is 11.0 Å². The molecule has 0 saturated heterocycles. The van der Waals surface area contributed by atoms with Crippen molar-refractivity contribution < 1.29 is 22.8 Å². The first-order chi connectivity index (χ1) is 16.4. The number of benzene rings is 2. The number of rotatable bonds is 5. The van der Waals surface area contributed by atoms with Crippen LogP contribution in [0.1, 0.15) is 42.3 Å². The summed E-state index contributed by atoms with van der Waals surface area (Å²) in [6, 6.07) is 8.30. The Kier molecular flexibility index (Phi) is 6.37. The molecule has 11 heteroatoms. The van der Waals surface area contributed by atoms with Gasteiger partial charge >= 0.3 is 6.18 Å². The van der Waals surface area contributed by atoms with E-state index < -0.39 is 28.6 Å². The molecule has 0 fully saturated rings. The van der Waals surface area contributed by atoms with Gasteiger partial charge < -0.3 is 10.6 Å². The largest absolute Gasteiger partial charge is 0.417 e. The number of carbonyl (C=O) groups excluding carboxylic acids is 2. The van der Waals surface area contributed by atoms with E-state index in [0.29, 0.717) is 27.3 Å². The Morgan fingerprint density at radius 3 is 2.54 bits per heavy atom. The Labute approximate surface area is 203 Å². The summed E-state index contributed by atoms with van der Waals surface area (Å²) in [5.74, 6) is -1.18. The highest BCUT2D eigenvalue weighted by atomic mass is 32.1. The molecule has 2 aromatic carbocycles. The molecule has 2 heterocycles. The number of aromatic nitrogens is 3. The number of amides is 2. The summed E-state index contributed by atoms with van der Waals surface area (Å²) in [6.07, 6.45) is -1.58. The van der Waals surface area contributed by atoms with Crippen molar-refractivity contribution in [3.63, 3.8) is 0 Å². The summed E-state index contributed by atoms with van der Waals surface area (Å²) < 4.78 is 42.7. The molecular formula is C24H22F3N5O2S. The maximum absolute atomic E-state index is 13.7. The maximum Gasteiger partial charge on any atom is 0.417 e. The molecule has 4 aromatic rings. The normalized spacial score (nSPS) is 12.1. The molecule has 0 aliphatic carbocycles. The van der Waals surface area contributed by atoms with Gasteiger partial charge in [0, 0.05) is 28.9 Å². The number of anilines is 1. The zero-order valence-electron chi connectivity index (χ0n) is 19.1. The minimum atomic E-state index is -4.73. The van der Waals surface area contributed by atoms with E-state index in [9.17, 15) is 22.8 Å². The number of hydrogen-bond donors (Lipinski definition) is 2. The number of alkyl halides is 3. The van der Waals surface area contributed by atoms with E-state index in [2.05, 4.69) is 20.7 Å². The number of nitrogens with zero attached hydrogens (tertiary/aromatic N) is 3. The third kappa shape index (κ3) is 5.19. The molecule has 35 heavy (non-hydrogen) atoms. The molecular weight excluding hydrogens is 479 g/mol. The fourth-order valence-corrected chi connectivity index (χ4v) is 4.02. The fourth-order valence-electron chi connectivity index (χ4n) is 3.41. The van der Waals surface area contributed by atoms with Gasteiger partial charge in [-0.1, -0.05) is 32.9 Å². The third-order valence-electron chi connectivity index (χ3n) is 5.23. The van der Waals surface area contributed by atoms with Crippen LogP contribution >= 0.6 is 11.3 Å². The van der Waals surface area contributed by atoms with Crippen molar-refractivity contribution in [2.24, 2.45) is 5.41 Å². The van der Waals surface area contributed by atoms with Crippen molar-refractivity contribution >= 4 is 39.7 Å². The Hall–Kier alpha value is -3.73. The lowest BCUT2D eigenvalue weighted by molar-refractivity contribution is -0.138. The van der Waals surface area contributed by atoms with Gasteiger partial charge in [0.05, 0.1) is 28.5 Å². The minimum Gasteiger partial charge on any atom is -0.352 e. The second-order valence-electron chi connectivity index (χ2n) is 8.87. The Morgan fingerprint density at radius 2 is 1.89 bits per heavy atom. The number of nitrogens with one attached hydrogen (secondary N) is 2. The van der Waals surface area contributed by atoms with E-state index in [1.807, 2.05) is 0 Å². The summed E-state index contributed by atoms with van der Waals surface area (Å²) in [7, 11) is 0. The Balaban J connectivity index is 1.65. The molecule has 0 aliphatic rings. The van der Waals surface area contributed by atoms with Gasteiger partial charge in [-0.3, -0.25) is 9.59 Å². The lowest BCUT2D eigenvalue weighted by Crippen LogP contribution is -2.34. The number of thiazole rings is 1. The van der Waals surface area contributed by atoms with E-state index in [-0.39, 0.29) is 12.5 Å². The lowest BCUT2D eigenvalue weighted by Gasteiger charge is -2.18. The van der Waals surface area contributed by atoms with Crippen molar-refractivity contribution in [1.29, 1.82) is 0 Å². The van der Waals surface area contributed by atoms with Crippen molar-refractivity contribution in [1.82, 2.24) is 20.1 Å². The molecule has 0 saturated carbocycles. The summed E-state index contributed by atoms with van der Waals surface area (Å²) in [5, 5.41) is 12.5. The van der Waals surface area contributed by atoms with E-state index in [1.54, 1.807) is 55.2 Å². The highest BCUT2D eigenvalue weighted by Crippen LogP contribution is 2.34. The third-order valence-corrected chi connectivity index (χ3v) is 5.98. The number of halogens is 3. The second kappa shape index (κ2) is 9.14. The molecule has 2 N–H and O–H groups in total. The van der Waals surface area contributed by atoms with Gasteiger partial charge in [-0.2, -0.15) is 18.3 Å². The molecule has 2 aromatic heterocycles. The van der Waals surface area contributed by atoms with Crippen molar-refractivity contribution in [2.75, 3.05) is 5.32 Å². The second-order valence-corrected chi connectivity index (χ2v) is 9.75. The summed E-state index contributed by atoms with van der Waals surface area (Å²) >= 11 is 1.37. The predicted molar refractivity (Wildman–Crippen MR) is 127 cm³/mol.